The van der Waals surface area contributed by atoms with E-state index in [1.807, 2.05) is 0 Å². The second-order valence-corrected chi connectivity index (χ2v) is 2.08. The zero-order valence-electron chi connectivity index (χ0n) is 7.06. The van der Waals surface area contributed by atoms with Gasteiger partial charge in [-0.05, 0) is 15.2 Å². The third-order valence-corrected chi connectivity index (χ3v) is 1.15. The Morgan fingerprint density at radius 2 is 2.47 bits per heavy atom. The molecule has 1 heterocycles. The van der Waals surface area contributed by atoms with Gasteiger partial charge in [-0.3, -0.25) is 0 Å². The van der Waals surface area contributed by atoms with Gasteiger partial charge in [-0.2, -0.15) is 5.43 Å². The van der Waals surface area contributed by atoms with Crippen LogP contribution in [0.3, 0.4) is 0 Å². The minimum Gasteiger partial charge on any atom is -0.411 e. The van der Waals surface area contributed by atoms with E-state index in [9.17, 15) is 10.1 Å². The molecule has 11 nitrogen and oxygen atoms in total. The molecule has 0 saturated heterocycles. The smallest absolute Gasteiger partial charge is 0.409 e. The summed E-state index contributed by atoms with van der Waals surface area (Å²) in [6.07, 6.45) is 0.525. The SMILES string of the molecule is Nc1nonc1N/N=C(/C=N/O)[N+](=O)[O-]. The zero-order valence-corrected chi connectivity index (χ0v) is 7.06. The Morgan fingerprint density at radius 1 is 1.73 bits per heavy atom. The fourth-order valence-corrected chi connectivity index (χ4v) is 0.552. The van der Waals surface area contributed by atoms with Crippen LogP contribution in [-0.4, -0.2) is 32.5 Å². The van der Waals surface area contributed by atoms with Crippen LogP contribution < -0.4 is 11.2 Å². The van der Waals surface area contributed by atoms with Crippen LogP contribution >= 0.6 is 0 Å². The largest absolute Gasteiger partial charge is 0.411 e. The van der Waals surface area contributed by atoms with Crippen molar-refractivity contribution in [3.05, 3.63) is 10.1 Å². The Labute approximate surface area is 81.3 Å². The van der Waals surface area contributed by atoms with Gasteiger partial charge in [0.2, 0.25) is 5.82 Å². The summed E-state index contributed by atoms with van der Waals surface area (Å²) < 4.78 is 4.19. The van der Waals surface area contributed by atoms with E-state index in [4.69, 9.17) is 10.9 Å². The molecule has 0 atom stereocenters. The standard InChI is InChI=1S/C4H5N7O4/c5-3-4(10-15-9-3)8-7-2(1-6-12)11(13)14/h1,12H,(H2,5,9)(H,8,10)/b6-1+,7-2-. The van der Waals surface area contributed by atoms with Crippen LogP contribution in [0.4, 0.5) is 11.6 Å². The number of nitro groups is 1. The van der Waals surface area contributed by atoms with E-state index >= 15 is 0 Å². The van der Waals surface area contributed by atoms with Crippen molar-refractivity contribution in [2.75, 3.05) is 11.2 Å². The second kappa shape index (κ2) is 4.50. The quantitative estimate of drug-likeness (QED) is 0.192. The lowest BCUT2D eigenvalue weighted by Gasteiger charge is -1.90. The molecule has 0 saturated carbocycles. The highest BCUT2D eigenvalue weighted by molar-refractivity contribution is 6.25. The summed E-state index contributed by atoms with van der Waals surface area (Å²) in [4.78, 5) is 9.40. The monoisotopic (exact) mass is 215 g/mol. The van der Waals surface area contributed by atoms with Gasteiger partial charge in [0.1, 0.15) is 0 Å². The normalized spacial score (nSPS) is 11.9. The molecule has 0 fully saturated rings. The molecule has 0 aromatic carbocycles. The molecule has 0 aliphatic rings. The Morgan fingerprint density at radius 3 is 2.93 bits per heavy atom. The predicted molar refractivity (Wildman–Crippen MR) is 47.0 cm³/mol. The van der Waals surface area contributed by atoms with Crippen molar-refractivity contribution < 1.29 is 14.8 Å². The van der Waals surface area contributed by atoms with Gasteiger partial charge in [0.05, 0.1) is 5.10 Å². The lowest BCUT2D eigenvalue weighted by atomic mass is 10.6. The lowest BCUT2D eigenvalue weighted by molar-refractivity contribution is -0.345. The number of amidine groups is 1. The number of nitrogen functional groups attached to an aromatic ring is 1. The maximum Gasteiger partial charge on any atom is 0.409 e. The average molecular weight is 215 g/mol. The molecular weight excluding hydrogens is 210 g/mol. The Kier molecular flexibility index (Phi) is 3.11. The van der Waals surface area contributed by atoms with E-state index in [0.29, 0.717) is 6.21 Å². The third-order valence-electron chi connectivity index (χ3n) is 1.15. The van der Waals surface area contributed by atoms with Crippen LogP contribution in [0.2, 0.25) is 0 Å². The molecule has 0 aliphatic carbocycles. The van der Waals surface area contributed by atoms with Crippen LogP contribution in [0.15, 0.2) is 14.9 Å². The summed E-state index contributed by atoms with van der Waals surface area (Å²) in [6, 6.07) is 0. The Hall–Kier alpha value is -2.72. The van der Waals surface area contributed by atoms with Crippen LogP contribution in [0.5, 0.6) is 0 Å². The molecule has 1 rings (SSSR count). The summed E-state index contributed by atoms with van der Waals surface area (Å²) >= 11 is 0. The van der Waals surface area contributed by atoms with Gasteiger partial charge in [0.15, 0.2) is 6.21 Å². The molecular formula is C4H5N7O4. The van der Waals surface area contributed by atoms with Crippen LogP contribution in [-0.2, 0) is 0 Å². The summed E-state index contributed by atoms with van der Waals surface area (Å²) in [7, 11) is 0. The van der Waals surface area contributed by atoms with E-state index in [-0.39, 0.29) is 11.6 Å². The van der Waals surface area contributed by atoms with Gasteiger partial charge in [-0.15, -0.1) is 0 Å². The first kappa shape index (κ1) is 10.4. The van der Waals surface area contributed by atoms with Gasteiger partial charge in [0.25, 0.3) is 5.82 Å². The maximum absolute atomic E-state index is 10.3. The summed E-state index contributed by atoms with van der Waals surface area (Å²) in [5, 5.41) is 30.5. The number of hydrogen-bond donors (Lipinski definition) is 3. The van der Waals surface area contributed by atoms with Gasteiger partial charge < -0.3 is 21.1 Å². The number of nitrogens with one attached hydrogen (secondary N) is 1. The highest BCUT2D eigenvalue weighted by atomic mass is 16.6. The average Bonchev–Trinajstić information content (AvgIpc) is 2.58. The van der Waals surface area contributed by atoms with Crippen molar-refractivity contribution in [1.82, 2.24) is 10.3 Å². The third kappa shape index (κ3) is 2.61. The summed E-state index contributed by atoms with van der Waals surface area (Å²) in [5.74, 6) is -0.928. The Bertz CT molecular complexity index is 409. The van der Waals surface area contributed by atoms with E-state index in [1.165, 1.54) is 0 Å². The van der Waals surface area contributed by atoms with Crippen molar-refractivity contribution in [3.8, 4) is 0 Å². The molecule has 0 radical (unpaired) electrons. The van der Waals surface area contributed by atoms with Gasteiger partial charge in [0, 0.05) is 0 Å². The van der Waals surface area contributed by atoms with Gasteiger partial charge in [-0.1, -0.05) is 5.16 Å². The number of rotatable bonds is 3. The summed E-state index contributed by atoms with van der Waals surface area (Å²) in [6.45, 7) is 0. The minimum absolute atomic E-state index is 0.0827. The molecule has 0 aliphatic heterocycles. The zero-order chi connectivity index (χ0) is 11.3. The molecule has 0 bridgehead atoms. The highest BCUT2D eigenvalue weighted by Gasteiger charge is 2.12. The number of nitrogens with zero attached hydrogens (tertiary/aromatic N) is 5. The first-order valence-electron chi connectivity index (χ1n) is 3.38. The molecule has 0 spiro atoms. The fourth-order valence-electron chi connectivity index (χ4n) is 0.552. The number of anilines is 2. The van der Waals surface area contributed by atoms with Crippen molar-refractivity contribution in [2.24, 2.45) is 10.3 Å². The van der Waals surface area contributed by atoms with E-state index < -0.39 is 10.8 Å². The van der Waals surface area contributed by atoms with E-state index in [2.05, 4.69) is 30.6 Å². The van der Waals surface area contributed by atoms with Crippen molar-refractivity contribution >= 4 is 23.7 Å². The topological polar surface area (TPSA) is 165 Å². The van der Waals surface area contributed by atoms with Gasteiger partial charge >= 0.3 is 5.84 Å². The Balaban J connectivity index is 2.78. The van der Waals surface area contributed by atoms with Crippen LogP contribution in [0, 0.1) is 10.1 Å². The van der Waals surface area contributed by atoms with Crippen molar-refractivity contribution in [3.63, 3.8) is 0 Å². The fraction of sp³-hybridized carbons (Fsp3) is 0. The number of hydrogen-bond acceptors (Lipinski definition) is 10. The highest BCUT2D eigenvalue weighted by Crippen LogP contribution is 2.09. The first-order valence-corrected chi connectivity index (χ1v) is 3.38. The predicted octanol–water partition coefficient (Wildman–Crippen LogP) is -0.886. The van der Waals surface area contributed by atoms with Crippen molar-refractivity contribution in [1.29, 1.82) is 0 Å². The van der Waals surface area contributed by atoms with Crippen molar-refractivity contribution in [2.45, 2.75) is 0 Å². The van der Waals surface area contributed by atoms with E-state index in [1.54, 1.807) is 0 Å². The number of nitrogens with two attached hydrogens (primary N) is 1. The maximum atomic E-state index is 10.3. The molecule has 11 heteroatoms. The second-order valence-electron chi connectivity index (χ2n) is 2.08. The number of hydrazone groups is 1. The van der Waals surface area contributed by atoms with E-state index in [0.717, 1.165) is 0 Å². The molecule has 15 heavy (non-hydrogen) atoms. The van der Waals surface area contributed by atoms with Crippen LogP contribution in [0.1, 0.15) is 0 Å². The first-order chi connectivity index (χ1) is 7.15. The molecule has 0 amide bonds. The molecule has 4 N–H and O–H groups in total. The number of aromatic nitrogens is 2. The molecule has 80 valence electrons. The summed E-state index contributed by atoms with van der Waals surface area (Å²) in [5.41, 5.74) is 7.34. The molecule has 1 aromatic rings. The molecule has 1 aromatic heterocycles. The number of oxime groups is 1. The van der Waals surface area contributed by atoms with Crippen LogP contribution in [0.25, 0.3) is 0 Å². The van der Waals surface area contributed by atoms with Gasteiger partial charge in [-0.25, -0.2) is 4.63 Å². The molecule has 0 unspecified atom stereocenters. The lowest BCUT2D eigenvalue weighted by Crippen LogP contribution is -2.15. The minimum atomic E-state index is -0.879.